The highest BCUT2D eigenvalue weighted by Crippen LogP contribution is 2.35. The maximum absolute atomic E-state index is 12.9. The van der Waals surface area contributed by atoms with Crippen LogP contribution in [0.1, 0.15) is 43.4 Å². The Hall–Kier alpha value is -2.66. The molecule has 0 saturated carbocycles. The van der Waals surface area contributed by atoms with Crippen molar-refractivity contribution in [3.8, 4) is 0 Å². The van der Waals surface area contributed by atoms with Crippen molar-refractivity contribution in [2.75, 3.05) is 23.0 Å². The second-order valence-corrected chi connectivity index (χ2v) is 9.19. The fourth-order valence-electron chi connectivity index (χ4n) is 3.27. The Kier molecular flexibility index (Phi) is 6.85. The topological polar surface area (TPSA) is 97.4 Å². The molecule has 2 heterocycles. The largest absolute Gasteiger partial charge is 0.416 e. The lowest BCUT2D eigenvalue weighted by molar-refractivity contribution is -0.137. The third-order valence-electron chi connectivity index (χ3n) is 4.71. The highest BCUT2D eigenvalue weighted by Gasteiger charge is 2.31. The number of urea groups is 1. The molecule has 3 rings (SSSR count). The molecule has 0 spiro atoms. The quantitative estimate of drug-likeness (QED) is 0.651. The second-order valence-electron chi connectivity index (χ2n) is 7.08. The molecule has 0 bridgehead atoms. The number of ether oxygens (including phenoxy) is 1. The van der Waals surface area contributed by atoms with E-state index in [9.17, 15) is 26.4 Å². The zero-order valence-electron chi connectivity index (χ0n) is 16.7. The number of anilines is 2. The molecular formula is C20H22F3N3O4S. The number of rotatable bonds is 6. The molecule has 1 aromatic carbocycles. The highest BCUT2D eigenvalue weighted by molar-refractivity contribution is 7.91. The van der Waals surface area contributed by atoms with E-state index in [1.807, 2.05) is 0 Å². The lowest BCUT2D eigenvalue weighted by Gasteiger charge is -2.18. The average Bonchev–Trinajstić information content (AvgIpc) is 3.22. The minimum atomic E-state index is -4.58. The van der Waals surface area contributed by atoms with Gasteiger partial charge in [0.25, 0.3) is 0 Å². The van der Waals surface area contributed by atoms with Gasteiger partial charge in [-0.2, -0.15) is 13.2 Å². The van der Waals surface area contributed by atoms with Crippen LogP contribution in [0.15, 0.2) is 41.4 Å². The normalized spacial score (nSPS) is 16.8. The average molecular weight is 457 g/mol. The Morgan fingerprint density at radius 2 is 2.00 bits per heavy atom. The van der Waals surface area contributed by atoms with Crippen LogP contribution >= 0.6 is 0 Å². The van der Waals surface area contributed by atoms with Crippen LogP contribution in [0.2, 0.25) is 0 Å². The summed E-state index contributed by atoms with van der Waals surface area (Å²) in [6.07, 6.45) is -2.00. The van der Waals surface area contributed by atoms with E-state index in [1.54, 1.807) is 13.0 Å². The predicted molar refractivity (Wildman–Crippen MR) is 109 cm³/mol. The van der Waals surface area contributed by atoms with Gasteiger partial charge in [0.2, 0.25) is 0 Å². The van der Waals surface area contributed by atoms with E-state index in [1.165, 1.54) is 12.1 Å². The number of amides is 2. The third kappa shape index (κ3) is 5.73. The van der Waals surface area contributed by atoms with Crippen LogP contribution < -0.4 is 10.6 Å². The van der Waals surface area contributed by atoms with E-state index < -0.39 is 27.6 Å². The van der Waals surface area contributed by atoms with E-state index >= 15 is 0 Å². The van der Waals surface area contributed by atoms with Gasteiger partial charge in [-0.15, -0.1) is 0 Å². The van der Waals surface area contributed by atoms with Crippen LogP contribution in [0, 0.1) is 0 Å². The van der Waals surface area contributed by atoms with Gasteiger partial charge in [0.15, 0.2) is 9.84 Å². The molecule has 168 valence electrons. The molecule has 1 fully saturated rings. The number of nitrogens with one attached hydrogen (secondary N) is 2. The Bertz CT molecular complexity index is 1050. The molecular weight excluding hydrogens is 435 g/mol. The highest BCUT2D eigenvalue weighted by atomic mass is 32.2. The van der Waals surface area contributed by atoms with Crippen LogP contribution in [0.4, 0.5) is 29.5 Å². The molecule has 1 saturated heterocycles. The zero-order valence-corrected chi connectivity index (χ0v) is 17.5. The molecule has 1 aliphatic rings. The fourth-order valence-corrected chi connectivity index (χ4v) is 4.62. The Labute approximate surface area is 177 Å². The van der Waals surface area contributed by atoms with Gasteiger partial charge >= 0.3 is 12.2 Å². The number of aromatic nitrogens is 1. The van der Waals surface area contributed by atoms with E-state index in [-0.39, 0.29) is 28.3 Å². The first-order valence-electron chi connectivity index (χ1n) is 9.69. The Balaban J connectivity index is 1.87. The van der Waals surface area contributed by atoms with Gasteiger partial charge in [0.1, 0.15) is 5.82 Å². The first kappa shape index (κ1) is 23.0. The molecule has 2 N–H and O–H groups in total. The first-order chi connectivity index (χ1) is 14.6. The van der Waals surface area contributed by atoms with Gasteiger partial charge < -0.3 is 10.1 Å². The van der Waals surface area contributed by atoms with E-state index in [4.69, 9.17) is 4.74 Å². The molecule has 1 aliphatic heterocycles. The number of halogens is 3. The van der Waals surface area contributed by atoms with Crippen molar-refractivity contribution in [2.24, 2.45) is 0 Å². The predicted octanol–water partition coefficient (Wildman–Crippen LogP) is 4.78. The summed E-state index contributed by atoms with van der Waals surface area (Å²) < 4.78 is 69.2. The third-order valence-corrected chi connectivity index (χ3v) is 6.63. The Morgan fingerprint density at radius 3 is 2.65 bits per heavy atom. The number of hydrogen-bond acceptors (Lipinski definition) is 5. The summed E-state index contributed by atoms with van der Waals surface area (Å²) in [5.74, 6) is -0.341. The summed E-state index contributed by atoms with van der Waals surface area (Å²) in [6, 6.07) is 5.07. The lowest BCUT2D eigenvalue weighted by Crippen LogP contribution is -2.22. The maximum atomic E-state index is 12.9. The summed E-state index contributed by atoms with van der Waals surface area (Å²) in [5, 5.41) is 4.79. The summed E-state index contributed by atoms with van der Waals surface area (Å²) in [7, 11) is -3.54. The zero-order chi connectivity index (χ0) is 22.6. The minimum Gasteiger partial charge on any atom is -0.373 e. The van der Waals surface area contributed by atoms with Crippen LogP contribution in [0.3, 0.4) is 0 Å². The number of pyridine rings is 1. The standard InChI is InChI=1S/C20H22F3N3O4S/c1-2-10-31(28,29)14-5-6-15(17-4-3-9-30-17)16(12-14)25-19(27)26-18-11-13(7-8-24-18)20(21,22)23/h5-8,11-12,17H,2-4,9-10H2,1H3,(H2,24,25,26,27). The molecule has 1 aromatic heterocycles. The van der Waals surface area contributed by atoms with Crippen molar-refractivity contribution in [2.45, 2.75) is 43.4 Å². The minimum absolute atomic E-state index is 0.0450. The van der Waals surface area contributed by atoms with Crippen molar-refractivity contribution in [3.63, 3.8) is 0 Å². The van der Waals surface area contributed by atoms with Crippen LogP contribution in [-0.4, -0.2) is 31.8 Å². The summed E-state index contributed by atoms with van der Waals surface area (Å²) in [6.45, 7) is 2.29. The van der Waals surface area contributed by atoms with E-state index in [2.05, 4.69) is 15.6 Å². The molecule has 1 atom stereocenters. The van der Waals surface area contributed by atoms with Gasteiger partial charge in [-0.3, -0.25) is 5.32 Å². The van der Waals surface area contributed by atoms with Crippen LogP contribution in [-0.2, 0) is 20.8 Å². The van der Waals surface area contributed by atoms with Crippen molar-refractivity contribution in [1.29, 1.82) is 0 Å². The van der Waals surface area contributed by atoms with Gasteiger partial charge in [0.05, 0.1) is 22.3 Å². The number of hydrogen-bond donors (Lipinski definition) is 2. The summed E-state index contributed by atoms with van der Waals surface area (Å²) in [4.78, 5) is 16.2. The molecule has 7 nitrogen and oxygen atoms in total. The summed E-state index contributed by atoms with van der Waals surface area (Å²) in [5.41, 5.74) is -0.140. The molecule has 31 heavy (non-hydrogen) atoms. The molecule has 1 unspecified atom stereocenters. The van der Waals surface area contributed by atoms with Crippen molar-refractivity contribution >= 4 is 27.4 Å². The van der Waals surface area contributed by atoms with E-state index in [0.717, 1.165) is 18.7 Å². The molecule has 2 amide bonds. The van der Waals surface area contributed by atoms with Gasteiger partial charge in [-0.1, -0.05) is 13.0 Å². The first-order valence-corrected chi connectivity index (χ1v) is 11.3. The molecule has 2 aromatic rings. The van der Waals surface area contributed by atoms with Crippen LogP contribution in [0.25, 0.3) is 0 Å². The van der Waals surface area contributed by atoms with Gasteiger partial charge in [-0.05, 0) is 43.5 Å². The second kappa shape index (κ2) is 9.23. The van der Waals surface area contributed by atoms with Gasteiger partial charge in [0, 0.05) is 24.1 Å². The van der Waals surface area contributed by atoms with Gasteiger partial charge in [-0.25, -0.2) is 18.2 Å². The molecule has 0 radical (unpaired) electrons. The fraction of sp³-hybridized carbons (Fsp3) is 0.400. The monoisotopic (exact) mass is 457 g/mol. The maximum Gasteiger partial charge on any atom is 0.416 e. The lowest BCUT2D eigenvalue weighted by atomic mass is 10.0. The van der Waals surface area contributed by atoms with E-state index in [0.29, 0.717) is 31.1 Å². The van der Waals surface area contributed by atoms with Crippen molar-refractivity contribution in [3.05, 3.63) is 47.7 Å². The number of carbonyl (C=O) groups is 1. The van der Waals surface area contributed by atoms with Crippen LogP contribution in [0.5, 0.6) is 0 Å². The number of nitrogens with zero attached hydrogens (tertiary/aromatic N) is 1. The number of sulfone groups is 1. The smallest absolute Gasteiger partial charge is 0.373 e. The summed E-state index contributed by atoms with van der Waals surface area (Å²) >= 11 is 0. The van der Waals surface area contributed by atoms with Crippen molar-refractivity contribution < 1.29 is 31.1 Å². The van der Waals surface area contributed by atoms with Crippen molar-refractivity contribution in [1.82, 2.24) is 4.98 Å². The number of alkyl halides is 3. The molecule has 11 heteroatoms. The number of carbonyl (C=O) groups excluding carboxylic acids is 1. The molecule has 0 aliphatic carbocycles. The SMILES string of the molecule is CCCS(=O)(=O)c1ccc(C2CCCO2)c(NC(=O)Nc2cc(C(F)(F)F)ccn2)c1. The Morgan fingerprint density at radius 1 is 1.23 bits per heavy atom. The number of benzene rings is 1.